The Morgan fingerprint density at radius 2 is 2.21 bits per heavy atom. The summed E-state index contributed by atoms with van der Waals surface area (Å²) in [6.07, 6.45) is 3.60. The van der Waals surface area contributed by atoms with Crippen LogP contribution in [-0.4, -0.2) is 30.0 Å². The van der Waals surface area contributed by atoms with Gasteiger partial charge in [-0.25, -0.2) is 4.98 Å². The van der Waals surface area contributed by atoms with Crippen LogP contribution in [0, 0.1) is 5.41 Å². The highest BCUT2D eigenvalue weighted by molar-refractivity contribution is 7.09. The van der Waals surface area contributed by atoms with Crippen LogP contribution in [0.15, 0.2) is 17.0 Å². The van der Waals surface area contributed by atoms with Crippen LogP contribution in [0.2, 0.25) is 0 Å². The Labute approximate surface area is 120 Å². The largest absolute Gasteiger partial charge is 0.314 e. The summed E-state index contributed by atoms with van der Waals surface area (Å²) in [5.74, 6) is 0. The van der Waals surface area contributed by atoms with E-state index < -0.39 is 0 Å². The summed E-state index contributed by atoms with van der Waals surface area (Å²) in [6.45, 7) is 11.0. The fourth-order valence-electron chi connectivity index (χ4n) is 2.42. The molecule has 1 aromatic rings. The van der Waals surface area contributed by atoms with Crippen molar-refractivity contribution in [1.29, 1.82) is 0 Å². The van der Waals surface area contributed by atoms with E-state index in [4.69, 9.17) is 0 Å². The smallest absolute Gasteiger partial charge is 0.107 e. The number of rotatable bonds is 4. The molecule has 3 nitrogen and oxygen atoms in total. The van der Waals surface area contributed by atoms with Crippen molar-refractivity contribution in [2.75, 3.05) is 20.1 Å². The monoisotopic (exact) mass is 279 g/mol. The van der Waals surface area contributed by atoms with Crippen LogP contribution >= 0.6 is 11.3 Å². The van der Waals surface area contributed by atoms with Gasteiger partial charge >= 0.3 is 0 Å². The molecule has 0 fully saturated rings. The van der Waals surface area contributed by atoms with Crippen LogP contribution < -0.4 is 5.32 Å². The summed E-state index contributed by atoms with van der Waals surface area (Å²) in [4.78, 5) is 7.14. The Kier molecular flexibility index (Phi) is 4.76. The van der Waals surface area contributed by atoms with Gasteiger partial charge in [0.2, 0.25) is 0 Å². The van der Waals surface area contributed by atoms with E-state index in [1.165, 1.54) is 17.1 Å². The Hall–Kier alpha value is -0.710. The summed E-state index contributed by atoms with van der Waals surface area (Å²) in [6, 6.07) is 0. The Balaban J connectivity index is 1.90. The van der Waals surface area contributed by atoms with Crippen molar-refractivity contribution in [3.63, 3.8) is 0 Å². The van der Waals surface area contributed by atoms with Gasteiger partial charge in [-0.05, 0) is 18.9 Å². The molecular formula is C15H25N3S. The first-order chi connectivity index (χ1) is 8.99. The first-order valence-electron chi connectivity index (χ1n) is 6.99. The maximum Gasteiger partial charge on any atom is 0.107 e. The topological polar surface area (TPSA) is 28.2 Å². The van der Waals surface area contributed by atoms with Gasteiger partial charge in [0.15, 0.2) is 0 Å². The SMILES string of the molecule is CNCc1nc(CN2CC=C(C(C)(C)C)CC2)cs1. The minimum atomic E-state index is 0.326. The molecule has 2 heterocycles. The van der Waals surface area contributed by atoms with Crippen molar-refractivity contribution in [3.8, 4) is 0 Å². The van der Waals surface area contributed by atoms with E-state index in [-0.39, 0.29) is 0 Å². The van der Waals surface area contributed by atoms with Gasteiger partial charge in [-0.1, -0.05) is 32.4 Å². The average Bonchev–Trinajstić information content (AvgIpc) is 2.77. The summed E-state index contributed by atoms with van der Waals surface area (Å²) in [7, 11) is 1.96. The highest BCUT2D eigenvalue weighted by Crippen LogP contribution is 2.30. The lowest BCUT2D eigenvalue weighted by Crippen LogP contribution is -2.31. The maximum absolute atomic E-state index is 4.66. The summed E-state index contributed by atoms with van der Waals surface area (Å²) in [5, 5.41) is 6.52. The molecule has 0 saturated heterocycles. The number of hydrogen-bond acceptors (Lipinski definition) is 4. The van der Waals surface area contributed by atoms with E-state index in [1.54, 1.807) is 16.9 Å². The predicted octanol–water partition coefficient (Wildman–Crippen LogP) is 3.04. The lowest BCUT2D eigenvalue weighted by molar-refractivity contribution is 0.269. The summed E-state index contributed by atoms with van der Waals surface area (Å²) >= 11 is 1.75. The zero-order valence-electron chi connectivity index (χ0n) is 12.5. The highest BCUT2D eigenvalue weighted by atomic mass is 32.1. The number of hydrogen-bond donors (Lipinski definition) is 1. The molecular weight excluding hydrogens is 254 g/mol. The number of nitrogens with zero attached hydrogens (tertiary/aromatic N) is 2. The van der Waals surface area contributed by atoms with Crippen LogP contribution in [-0.2, 0) is 13.1 Å². The van der Waals surface area contributed by atoms with Crippen LogP contribution in [0.1, 0.15) is 37.9 Å². The van der Waals surface area contributed by atoms with Crippen molar-refractivity contribution in [1.82, 2.24) is 15.2 Å². The van der Waals surface area contributed by atoms with Gasteiger partial charge in [0.25, 0.3) is 0 Å². The molecule has 0 bridgehead atoms. The van der Waals surface area contributed by atoms with E-state index in [9.17, 15) is 0 Å². The quantitative estimate of drug-likeness (QED) is 0.859. The van der Waals surface area contributed by atoms with Gasteiger partial charge in [0.05, 0.1) is 5.69 Å². The second-order valence-corrected chi connectivity index (χ2v) is 7.17. The second-order valence-electron chi connectivity index (χ2n) is 6.23. The van der Waals surface area contributed by atoms with Gasteiger partial charge in [0, 0.05) is 31.6 Å². The van der Waals surface area contributed by atoms with Gasteiger partial charge in [-0.2, -0.15) is 0 Å². The molecule has 106 valence electrons. The van der Waals surface area contributed by atoms with Crippen LogP contribution in [0.3, 0.4) is 0 Å². The first-order valence-corrected chi connectivity index (χ1v) is 7.87. The van der Waals surface area contributed by atoms with Crippen molar-refractivity contribution in [3.05, 3.63) is 27.7 Å². The third-order valence-corrected chi connectivity index (χ3v) is 4.47. The van der Waals surface area contributed by atoms with Crippen molar-refractivity contribution >= 4 is 11.3 Å². The van der Waals surface area contributed by atoms with E-state index >= 15 is 0 Å². The Morgan fingerprint density at radius 1 is 1.42 bits per heavy atom. The lowest BCUT2D eigenvalue weighted by atomic mass is 9.83. The zero-order chi connectivity index (χ0) is 13.9. The number of aromatic nitrogens is 1. The lowest BCUT2D eigenvalue weighted by Gasteiger charge is -2.31. The van der Waals surface area contributed by atoms with E-state index in [2.05, 4.69) is 47.4 Å². The molecule has 0 saturated carbocycles. The zero-order valence-corrected chi connectivity index (χ0v) is 13.3. The Bertz CT molecular complexity index is 442. The molecule has 4 heteroatoms. The summed E-state index contributed by atoms with van der Waals surface area (Å²) < 4.78 is 0. The summed E-state index contributed by atoms with van der Waals surface area (Å²) in [5.41, 5.74) is 3.13. The molecule has 19 heavy (non-hydrogen) atoms. The van der Waals surface area contributed by atoms with Gasteiger partial charge in [0.1, 0.15) is 5.01 Å². The van der Waals surface area contributed by atoms with Crippen LogP contribution in [0.4, 0.5) is 0 Å². The molecule has 0 unspecified atom stereocenters. The molecule has 2 rings (SSSR count). The molecule has 0 amide bonds. The first kappa shape index (κ1) is 14.7. The molecule has 1 aliphatic rings. The third kappa shape index (κ3) is 4.13. The predicted molar refractivity (Wildman–Crippen MR) is 82.3 cm³/mol. The molecule has 1 N–H and O–H groups in total. The van der Waals surface area contributed by atoms with E-state index in [0.29, 0.717) is 5.41 Å². The minimum Gasteiger partial charge on any atom is -0.314 e. The molecule has 0 aliphatic carbocycles. The third-order valence-electron chi connectivity index (χ3n) is 3.57. The van der Waals surface area contributed by atoms with E-state index in [0.717, 1.165) is 26.2 Å². The molecule has 1 aromatic heterocycles. The van der Waals surface area contributed by atoms with Gasteiger partial charge < -0.3 is 5.32 Å². The minimum absolute atomic E-state index is 0.326. The van der Waals surface area contributed by atoms with Crippen molar-refractivity contribution in [2.24, 2.45) is 5.41 Å². The molecule has 0 aromatic carbocycles. The maximum atomic E-state index is 4.66. The number of thiazole rings is 1. The Morgan fingerprint density at radius 3 is 2.79 bits per heavy atom. The second kappa shape index (κ2) is 6.16. The fraction of sp³-hybridized carbons (Fsp3) is 0.667. The van der Waals surface area contributed by atoms with Gasteiger partial charge in [-0.3, -0.25) is 4.90 Å². The standard InChI is InChI=1S/C15H25N3S/c1-15(2,3)12-5-7-18(8-6-12)10-13-11-19-14(17-13)9-16-4/h5,11,16H,6-10H2,1-4H3. The van der Waals surface area contributed by atoms with Crippen molar-refractivity contribution < 1.29 is 0 Å². The fourth-order valence-corrected chi connectivity index (χ4v) is 3.22. The normalized spacial score (nSPS) is 17.6. The average molecular weight is 279 g/mol. The van der Waals surface area contributed by atoms with Gasteiger partial charge in [-0.15, -0.1) is 11.3 Å². The van der Waals surface area contributed by atoms with Crippen molar-refractivity contribution in [2.45, 2.75) is 40.3 Å². The molecule has 0 radical (unpaired) electrons. The van der Waals surface area contributed by atoms with E-state index in [1.807, 2.05) is 7.05 Å². The number of nitrogens with one attached hydrogen (secondary N) is 1. The molecule has 0 atom stereocenters. The molecule has 1 aliphatic heterocycles. The molecule has 0 spiro atoms. The highest BCUT2D eigenvalue weighted by Gasteiger charge is 2.21. The van der Waals surface area contributed by atoms with Crippen LogP contribution in [0.5, 0.6) is 0 Å². The van der Waals surface area contributed by atoms with Crippen LogP contribution in [0.25, 0.3) is 0 Å².